The van der Waals surface area contributed by atoms with Crippen molar-refractivity contribution in [1.29, 1.82) is 0 Å². The standard InChI is InChI=1S/C12H19N3O2/c1-3-15(8-7-14-12(16)17-2)10-11-5-4-6-13-9-11/h4-6,9H,3,7-8,10H2,1-2H3,(H,14,16). The molecule has 0 saturated heterocycles. The minimum Gasteiger partial charge on any atom is -0.453 e. The highest BCUT2D eigenvalue weighted by atomic mass is 16.5. The molecule has 0 aliphatic heterocycles. The van der Waals surface area contributed by atoms with Crippen LogP contribution in [0.1, 0.15) is 12.5 Å². The number of aromatic nitrogens is 1. The van der Waals surface area contributed by atoms with Gasteiger partial charge in [-0.3, -0.25) is 9.88 Å². The van der Waals surface area contributed by atoms with Gasteiger partial charge in [-0.2, -0.15) is 0 Å². The van der Waals surface area contributed by atoms with Crippen molar-refractivity contribution in [2.75, 3.05) is 26.7 Å². The lowest BCUT2D eigenvalue weighted by Gasteiger charge is -2.20. The Kier molecular flexibility index (Phi) is 6.03. The minimum atomic E-state index is -0.387. The predicted octanol–water partition coefficient (Wildman–Crippen LogP) is 1.26. The highest BCUT2D eigenvalue weighted by Crippen LogP contribution is 2.01. The van der Waals surface area contributed by atoms with Crippen LogP contribution >= 0.6 is 0 Å². The van der Waals surface area contributed by atoms with Crippen LogP contribution in [0.5, 0.6) is 0 Å². The summed E-state index contributed by atoms with van der Waals surface area (Å²) in [5.41, 5.74) is 1.17. The molecule has 0 atom stereocenters. The van der Waals surface area contributed by atoms with E-state index >= 15 is 0 Å². The molecule has 0 spiro atoms. The Morgan fingerprint density at radius 1 is 1.59 bits per heavy atom. The summed E-state index contributed by atoms with van der Waals surface area (Å²) in [5, 5.41) is 2.66. The first-order valence-corrected chi connectivity index (χ1v) is 5.69. The van der Waals surface area contributed by atoms with E-state index in [0.717, 1.165) is 19.6 Å². The van der Waals surface area contributed by atoms with E-state index in [-0.39, 0.29) is 6.09 Å². The number of nitrogens with one attached hydrogen (secondary N) is 1. The summed E-state index contributed by atoms with van der Waals surface area (Å²) in [5.74, 6) is 0. The number of rotatable bonds is 6. The molecule has 94 valence electrons. The lowest BCUT2D eigenvalue weighted by atomic mass is 10.2. The van der Waals surface area contributed by atoms with E-state index in [4.69, 9.17) is 0 Å². The molecule has 1 aromatic heterocycles. The first-order valence-electron chi connectivity index (χ1n) is 5.69. The van der Waals surface area contributed by atoms with Gasteiger partial charge in [-0.15, -0.1) is 0 Å². The van der Waals surface area contributed by atoms with Gasteiger partial charge in [-0.05, 0) is 18.2 Å². The third-order valence-corrected chi connectivity index (χ3v) is 2.46. The number of likely N-dealkylation sites (N-methyl/N-ethyl adjacent to an activating group) is 1. The molecular weight excluding hydrogens is 218 g/mol. The molecule has 1 amide bonds. The van der Waals surface area contributed by atoms with Gasteiger partial charge >= 0.3 is 6.09 Å². The van der Waals surface area contributed by atoms with Crippen LogP contribution in [0, 0.1) is 0 Å². The zero-order valence-electron chi connectivity index (χ0n) is 10.3. The lowest BCUT2D eigenvalue weighted by molar-refractivity contribution is 0.168. The van der Waals surface area contributed by atoms with Gasteiger partial charge in [-0.1, -0.05) is 13.0 Å². The smallest absolute Gasteiger partial charge is 0.406 e. The lowest BCUT2D eigenvalue weighted by Crippen LogP contribution is -2.34. The number of amides is 1. The van der Waals surface area contributed by atoms with Gasteiger partial charge in [0.2, 0.25) is 0 Å². The van der Waals surface area contributed by atoms with Crippen LogP contribution in [0.15, 0.2) is 24.5 Å². The van der Waals surface area contributed by atoms with E-state index in [0.29, 0.717) is 6.54 Å². The monoisotopic (exact) mass is 237 g/mol. The molecule has 5 nitrogen and oxygen atoms in total. The maximum absolute atomic E-state index is 10.9. The van der Waals surface area contributed by atoms with Crippen LogP contribution in [-0.4, -0.2) is 42.7 Å². The van der Waals surface area contributed by atoms with Gasteiger partial charge in [0.1, 0.15) is 0 Å². The molecule has 0 aromatic carbocycles. The maximum Gasteiger partial charge on any atom is 0.406 e. The number of alkyl carbamates (subject to hydrolysis) is 1. The zero-order valence-corrected chi connectivity index (χ0v) is 10.3. The largest absolute Gasteiger partial charge is 0.453 e. The first-order chi connectivity index (χ1) is 8.26. The third kappa shape index (κ3) is 5.31. The van der Waals surface area contributed by atoms with Gasteiger partial charge in [0, 0.05) is 32.0 Å². The van der Waals surface area contributed by atoms with Crippen LogP contribution in [0.4, 0.5) is 4.79 Å². The zero-order chi connectivity index (χ0) is 12.5. The van der Waals surface area contributed by atoms with Crippen molar-refractivity contribution in [1.82, 2.24) is 15.2 Å². The quantitative estimate of drug-likeness (QED) is 0.809. The van der Waals surface area contributed by atoms with Crippen molar-refractivity contribution >= 4 is 6.09 Å². The summed E-state index contributed by atoms with van der Waals surface area (Å²) >= 11 is 0. The topological polar surface area (TPSA) is 54.5 Å². The van der Waals surface area contributed by atoms with Crippen LogP contribution in [0.25, 0.3) is 0 Å². The SMILES string of the molecule is CCN(CCNC(=O)OC)Cc1cccnc1. The van der Waals surface area contributed by atoms with E-state index in [2.05, 4.69) is 26.9 Å². The van der Waals surface area contributed by atoms with Crippen LogP contribution in [0.2, 0.25) is 0 Å². The number of hydrogen-bond acceptors (Lipinski definition) is 4. The summed E-state index contributed by atoms with van der Waals surface area (Å²) in [6.45, 7) is 5.24. The molecule has 0 aliphatic rings. The van der Waals surface area contributed by atoms with E-state index in [1.165, 1.54) is 12.7 Å². The number of methoxy groups -OCH3 is 1. The van der Waals surface area contributed by atoms with Gasteiger partial charge in [0.05, 0.1) is 7.11 Å². The Morgan fingerprint density at radius 3 is 3.00 bits per heavy atom. The molecule has 1 aromatic rings. The van der Waals surface area contributed by atoms with Gasteiger partial charge in [-0.25, -0.2) is 4.79 Å². The van der Waals surface area contributed by atoms with E-state index < -0.39 is 0 Å². The van der Waals surface area contributed by atoms with Gasteiger partial charge in [0.15, 0.2) is 0 Å². The molecule has 0 saturated carbocycles. The highest BCUT2D eigenvalue weighted by molar-refractivity contribution is 5.66. The fourth-order valence-electron chi connectivity index (χ4n) is 1.49. The van der Waals surface area contributed by atoms with Gasteiger partial charge in [0.25, 0.3) is 0 Å². The number of carbonyl (C=O) groups excluding carboxylic acids is 1. The Labute approximate surface area is 102 Å². The molecule has 1 heterocycles. The molecule has 0 radical (unpaired) electrons. The second kappa shape index (κ2) is 7.62. The number of ether oxygens (including phenoxy) is 1. The van der Waals surface area contributed by atoms with Crippen molar-refractivity contribution in [2.24, 2.45) is 0 Å². The normalized spacial score (nSPS) is 10.3. The fourth-order valence-corrected chi connectivity index (χ4v) is 1.49. The van der Waals surface area contributed by atoms with Crippen LogP contribution in [0.3, 0.4) is 0 Å². The average molecular weight is 237 g/mol. The van der Waals surface area contributed by atoms with E-state index in [9.17, 15) is 4.79 Å². The summed E-state index contributed by atoms with van der Waals surface area (Å²) in [6, 6.07) is 3.97. The van der Waals surface area contributed by atoms with E-state index in [1.54, 1.807) is 6.20 Å². The summed E-state index contributed by atoms with van der Waals surface area (Å²) in [6.07, 6.45) is 3.23. The van der Waals surface area contributed by atoms with Crippen LogP contribution < -0.4 is 5.32 Å². The Morgan fingerprint density at radius 2 is 2.41 bits per heavy atom. The van der Waals surface area contributed by atoms with Crippen molar-refractivity contribution < 1.29 is 9.53 Å². The molecule has 5 heteroatoms. The number of hydrogen-bond donors (Lipinski definition) is 1. The molecule has 0 unspecified atom stereocenters. The second-order valence-electron chi connectivity index (χ2n) is 3.65. The molecule has 1 N–H and O–H groups in total. The maximum atomic E-state index is 10.9. The average Bonchev–Trinajstić information content (AvgIpc) is 2.38. The Bertz CT molecular complexity index is 330. The van der Waals surface area contributed by atoms with Crippen molar-refractivity contribution in [2.45, 2.75) is 13.5 Å². The van der Waals surface area contributed by atoms with Gasteiger partial charge < -0.3 is 10.1 Å². The number of nitrogens with zero attached hydrogens (tertiary/aromatic N) is 2. The third-order valence-electron chi connectivity index (χ3n) is 2.46. The van der Waals surface area contributed by atoms with Crippen molar-refractivity contribution in [3.63, 3.8) is 0 Å². The summed E-state index contributed by atoms with van der Waals surface area (Å²) < 4.78 is 4.51. The number of pyridine rings is 1. The van der Waals surface area contributed by atoms with Crippen molar-refractivity contribution in [3.8, 4) is 0 Å². The molecule has 0 fully saturated rings. The molecule has 0 bridgehead atoms. The Hall–Kier alpha value is -1.62. The molecule has 0 aliphatic carbocycles. The highest BCUT2D eigenvalue weighted by Gasteiger charge is 2.04. The molecule has 17 heavy (non-hydrogen) atoms. The van der Waals surface area contributed by atoms with E-state index in [1.807, 2.05) is 18.3 Å². The predicted molar refractivity (Wildman–Crippen MR) is 65.6 cm³/mol. The second-order valence-corrected chi connectivity index (χ2v) is 3.65. The number of carbonyl (C=O) groups is 1. The van der Waals surface area contributed by atoms with Crippen molar-refractivity contribution in [3.05, 3.63) is 30.1 Å². The molecular formula is C12H19N3O2. The minimum absolute atomic E-state index is 0.387. The van der Waals surface area contributed by atoms with Crippen LogP contribution in [-0.2, 0) is 11.3 Å². The summed E-state index contributed by atoms with van der Waals surface area (Å²) in [7, 11) is 1.36. The first kappa shape index (κ1) is 13.4. The summed E-state index contributed by atoms with van der Waals surface area (Å²) in [4.78, 5) is 17.2. The fraction of sp³-hybridized carbons (Fsp3) is 0.500. The molecule has 1 rings (SSSR count). The Balaban J connectivity index is 2.31.